The van der Waals surface area contributed by atoms with Crippen molar-refractivity contribution in [2.45, 2.75) is 63.4 Å². The van der Waals surface area contributed by atoms with Gasteiger partial charge in [0.1, 0.15) is 11.4 Å². The van der Waals surface area contributed by atoms with Crippen LogP contribution in [0.25, 0.3) is 0 Å². The van der Waals surface area contributed by atoms with Gasteiger partial charge in [-0.3, -0.25) is 4.90 Å². The standard InChI is InChI=1S/C19H27NO3/c1-18(2)10-15-9-14(3-4-17(15)23-18)12-20-7-5-19(6-8-20)11-16(21)13-22-19/h3-4,9,16,21H,5-8,10-13H2,1-2H3/t16-/m1/s1. The van der Waals surface area contributed by atoms with E-state index in [-0.39, 0.29) is 17.3 Å². The summed E-state index contributed by atoms with van der Waals surface area (Å²) < 4.78 is 11.8. The van der Waals surface area contributed by atoms with Crippen LogP contribution in [0.2, 0.25) is 0 Å². The van der Waals surface area contributed by atoms with E-state index < -0.39 is 0 Å². The lowest BCUT2D eigenvalue weighted by Gasteiger charge is -2.38. The first-order chi connectivity index (χ1) is 10.9. The minimum atomic E-state index is -0.262. The predicted molar refractivity (Wildman–Crippen MR) is 88.7 cm³/mol. The molecular formula is C19H27NO3. The van der Waals surface area contributed by atoms with Gasteiger partial charge in [-0.1, -0.05) is 12.1 Å². The van der Waals surface area contributed by atoms with E-state index in [1.54, 1.807) is 0 Å². The van der Waals surface area contributed by atoms with E-state index >= 15 is 0 Å². The van der Waals surface area contributed by atoms with Gasteiger partial charge in [-0.05, 0) is 43.9 Å². The molecule has 4 heteroatoms. The molecular weight excluding hydrogens is 290 g/mol. The molecule has 0 aromatic heterocycles. The third-order valence-corrected chi connectivity index (χ3v) is 5.49. The Balaban J connectivity index is 1.37. The Morgan fingerprint density at radius 1 is 1.26 bits per heavy atom. The summed E-state index contributed by atoms with van der Waals surface area (Å²) in [5.41, 5.74) is 2.58. The summed E-state index contributed by atoms with van der Waals surface area (Å²) in [4.78, 5) is 2.50. The molecule has 4 rings (SSSR count). The molecule has 126 valence electrons. The van der Waals surface area contributed by atoms with Gasteiger partial charge in [0.05, 0.1) is 18.3 Å². The summed E-state index contributed by atoms with van der Waals surface area (Å²) in [6.45, 7) is 7.89. The zero-order valence-electron chi connectivity index (χ0n) is 14.2. The van der Waals surface area contributed by atoms with Crippen molar-refractivity contribution >= 4 is 0 Å². The number of benzene rings is 1. The van der Waals surface area contributed by atoms with Gasteiger partial charge in [0.2, 0.25) is 0 Å². The first-order valence-corrected chi connectivity index (χ1v) is 8.78. The van der Waals surface area contributed by atoms with E-state index in [0.717, 1.165) is 51.1 Å². The highest BCUT2D eigenvalue weighted by Gasteiger charge is 2.42. The second kappa shape index (κ2) is 5.47. The third kappa shape index (κ3) is 3.12. The summed E-state index contributed by atoms with van der Waals surface area (Å²) >= 11 is 0. The summed E-state index contributed by atoms with van der Waals surface area (Å²) in [6.07, 6.45) is 3.61. The van der Waals surface area contributed by atoms with Crippen LogP contribution in [-0.4, -0.2) is 47.0 Å². The number of likely N-dealkylation sites (tertiary alicyclic amines) is 1. The summed E-state index contributed by atoms with van der Waals surface area (Å²) in [5.74, 6) is 1.05. The van der Waals surface area contributed by atoms with Gasteiger partial charge in [0.15, 0.2) is 0 Å². The van der Waals surface area contributed by atoms with Gasteiger partial charge in [-0.15, -0.1) is 0 Å². The van der Waals surface area contributed by atoms with Crippen molar-refractivity contribution in [1.82, 2.24) is 4.90 Å². The van der Waals surface area contributed by atoms with Crippen LogP contribution in [0.3, 0.4) is 0 Å². The maximum Gasteiger partial charge on any atom is 0.123 e. The van der Waals surface area contributed by atoms with Crippen LogP contribution in [0.15, 0.2) is 18.2 Å². The van der Waals surface area contributed by atoms with Crippen molar-refractivity contribution in [3.8, 4) is 5.75 Å². The quantitative estimate of drug-likeness (QED) is 0.910. The average molecular weight is 317 g/mol. The average Bonchev–Trinajstić information content (AvgIpc) is 3.00. The van der Waals surface area contributed by atoms with Crippen molar-refractivity contribution < 1.29 is 14.6 Å². The number of nitrogens with zero attached hydrogens (tertiary/aromatic N) is 1. The molecule has 0 saturated carbocycles. The van der Waals surface area contributed by atoms with Crippen LogP contribution in [-0.2, 0) is 17.7 Å². The van der Waals surface area contributed by atoms with Crippen LogP contribution in [0.1, 0.15) is 44.2 Å². The first-order valence-electron chi connectivity index (χ1n) is 8.78. The van der Waals surface area contributed by atoms with E-state index in [4.69, 9.17) is 9.47 Å². The molecule has 0 unspecified atom stereocenters. The minimum absolute atomic E-state index is 0.0499. The number of piperidine rings is 1. The Labute approximate surface area is 138 Å². The van der Waals surface area contributed by atoms with Crippen molar-refractivity contribution in [1.29, 1.82) is 0 Å². The normalized spacial score (nSPS) is 28.7. The SMILES string of the molecule is CC1(C)Cc2cc(CN3CCC4(CC3)C[C@@H](O)CO4)ccc2O1. The van der Waals surface area contributed by atoms with Crippen LogP contribution >= 0.6 is 0 Å². The maximum absolute atomic E-state index is 9.73. The summed E-state index contributed by atoms with van der Waals surface area (Å²) in [5, 5.41) is 9.73. The highest BCUT2D eigenvalue weighted by molar-refractivity contribution is 5.41. The van der Waals surface area contributed by atoms with Gasteiger partial charge in [-0.2, -0.15) is 0 Å². The number of rotatable bonds is 2. The van der Waals surface area contributed by atoms with Crippen molar-refractivity contribution in [2.24, 2.45) is 0 Å². The largest absolute Gasteiger partial charge is 0.487 e. The Morgan fingerprint density at radius 3 is 2.74 bits per heavy atom. The molecule has 2 fully saturated rings. The second-order valence-electron chi connectivity index (χ2n) is 8.11. The second-order valence-corrected chi connectivity index (χ2v) is 8.11. The van der Waals surface area contributed by atoms with E-state index in [1.165, 1.54) is 11.1 Å². The van der Waals surface area contributed by atoms with Gasteiger partial charge in [0.25, 0.3) is 0 Å². The molecule has 4 nitrogen and oxygen atoms in total. The summed E-state index contributed by atoms with van der Waals surface area (Å²) in [7, 11) is 0. The first kappa shape index (κ1) is 15.4. The molecule has 0 aliphatic carbocycles. The molecule has 3 aliphatic rings. The molecule has 1 spiro atoms. The van der Waals surface area contributed by atoms with Crippen LogP contribution in [0.5, 0.6) is 5.75 Å². The van der Waals surface area contributed by atoms with Gasteiger partial charge in [0, 0.05) is 32.5 Å². The van der Waals surface area contributed by atoms with E-state index in [1.807, 2.05) is 0 Å². The molecule has 0 bridgehead atoms. The maximum atomic E-state index is 9.73. The van der Waals surface area contributed by atoms with Crippen molar-refractivity contribution in [3.63, 3.8) is 0 Å². The number of ether oxygens (including phenoxy) is 2. The number of aliphatic hydroxyl groups excluding tert-OH is 1. The zero-order chi connectivity index (χ0) is 16.1. The lowest BCUT2D eigenvalue weighted by molar-refractivity contribution is -0.0456. The highest BCUT2D eigenvalue weighted by Crippen LogP contribution is 2.37. The molecule has 1 N–H and O–H groups in total. The Hall–Kier alpha value is -1.10. The lowest BCUT2D eigenvalue weighted by atomic mass is 9.88. The van der Waals surface area contributed by atoms with Crippen LogP contribution in [0.4, 0.5) is 0 Å². The number of hydrogen-bond donors (Lipinski definition) is 1. The fraction of sp³-hybridized carbons (Fsp3) is 0.684. The van der Waals surface area contributed by atoms with Gasteiger partial charge >= 0.3 is 0 Å². The Morgan fingerprint density at radius 2 is 2.04 bits per heavy atom. The Kier molecular flexibility index (Phi) is 3.67. The van der Waals surface area contributed by atoms with E-state index in [9.17, 15) is 5.11 Å². The molecule has 3 heterocycles. The van der Waals surface area contributed by atoms with Crippen molar-refractivity contribution in [3.05, 3.63) is 29.3 Å². The monoisotopic (exact) mass is 317 g/mol. The molecule has 23 heavy (non-hydrogen) atoms. The molecule has 3 aliphatic heterocycles. The van der Waals surface area contributed by atoms with E-state index in [0.29, 0.717) is 6.61 Å². The summed E-state index contributed by atoms with van der Waals surface area (Å²) in [6, 6.07) is 6.63. The predicted octanol–water partition coefficient (Wildman–Crippen LogP) is 2.52. The topological polar surface area (TPSA) is 41.9 Å². The third-order valence-electron chi connectivity index (χ3n) is 5.49. The lowest BCUT2D eigenvalue weighted by Crippen LogP contribution is -2.43. The van der Waals surface area contributed by atoms with Gasteiger partial charge in [-0.25, -0.2) is 0 Å². The van der Waals surface area contributed by atoms with Crippen LogP contribution in [0, 0.1) is 0 Å². The van der Waals surface area contributed by atoms with E-state index in [2.05, 4.69) is 36.9 Å². The fourth-order valence-electron chi connectivity index (χ4n) is 4.31. The van der Waals surface area contributed by atoms with Crippen LogP contribution < -0.4 is 4.74 Å². The van der Waals surface area contributed by atoms with Crippen molar-refractivity contribution in [2.75, 3.05) is 19.7 Å². The number of aliphatic hydroxyl groups is 1. The number of hydrogen-bond acceptors (Lipinski definition) is 4. The smallest absolute Gasteiger partial charge is 0.123 e. The number of fused-ring (bicyclic) bond motifs is 1. The molecule has 1 atom stereocenters. The molecule has 1 aromatic carbocycles. The molecule has 2 saturated heterocycles. The highest BCUT2D eigenvalue weighted by atomic mass is 16.5. The molecule has 0 amide bonds. The van der Waals surface area contributed by atoms with Gasteiger partial charge < -0.3 is 14.6 Å². The minimum Gasteiger partial charge on any atom is -0.487 e. The fourth-order valence-corrected chi connectivity index (χ4v) is 4.31. The Bertz CT molecular complexity index is 590. The zero-order valence-corrected chi connectivity index (χ0v) is 14.2. The molecule has 0 radical (unpaired) electrons. The molecule has 1 aromatic rings.